The average Bonchev–Trinajstić information content (AvgIpc) is 2.83. The number of rotatable bonds is 5. The van der Waals surface area contributed by atoms with Crippen molar-refractivity contribution in [1.82, 2.24) is 5.16 Å². The first-order chi connectivity index (χ1) is 10.1. The second-order valence-electron chi connectivity index (χ2n) is 4.29. The Hall–Kier alpha value is -2.63. The molecule has 0 saturated heterocycles. The highest BCUT2D eigenvalue weighted by Gasteiger charge is 2.14. The molecular formula is C15H18N2O4. The number of aromatic nitrogens is 1. The van der Waals surface area contributed by atoms with E-state index in [-0.39, 0.29) is 0 Å². The van der Waals surface area contributed by atoms with Crippen LogP contribution >= 0.6 is 0 Å². The molecule has 0 saturated carbocycles. The van der Waals surface area contributed by atoms with Crippen LogP contribution in [0.2, 0.25) is 0 Å². The fourth-order valence-electron chi connectivity index (χ4n) is 1.94. The fraction of sp³-hybridized carbons (Fsp3) is 0.267. The van der Waals surface area contributed by atoms with Gasteiger partial charge in [-0.2, -0.15) is 0 Å². The number of anilines is 1. The summed E-state index contributed by atoms with van der Waals surface area (Å²) in [4.78, 5) is 0. The Bertz CT molecular complexity index is 662. The van der Waals surface area contributed by atoms with E-state index in [0.29, 0.717) is 34.4 Å². The molecule has 2 aromatic rings. The third-order valence-corrected chi connectivity index (χ3v) is 3.09. The molecule has 21 heavy (non-hydrogen) atoms. The quantitative estimate of drug-likeness (QED) is 0.912. The highest BCUT2D eigenvalue weighted by Crippen LogP contribution is 2.40. The maximum Gasteiger partial charge on any atom is 0.203 e. The number of hydrogen-bond donors (Lipinski definition) is 1. The van der Waals surface area contributed by atoms with Crippen LogP contribution in [0.25, 0.3) is 12.2 Å². The van der Waals surface area contributed by atoms with E-state index in [0.717, 1.165) is 5.56 Å². The Morgan fingerprint density at radius 1 is 1.05 bits per heavy atom. The lowest BCUT2D eigenvalue weighted by molar-refractivity contribution is 0.324. The first-order valence-corrected chi connectivity index (χ1v) is 6.31. The van der Waals surface area contributed by atoms with Crippen LogP contribution in [-0.2, 0) is 0 Å². The summed E-state index contributed by atoms with van der Waals surface area (Å²) in [6, 6.07) is 3.66. The van der Waals surface area contributed by atoms with Crippen molar-refractivity contribution in [2.75, 3.05) is 27.1 Å². The largest absolute Gasteiger partial charge is 0.493 e. The third-order valence-electron chi connectivity index (χ3n) is 3.09. The lowest BCUT2D eigenvalue weighted by Gasteiger charge is -2.13. The molecule has 0 amide bonds. The maximum absolute atomic E-state index is 5.86. The van der Waals surface area contributed by atoms with Crippen LogP contribution in [0.3, 0.4) is 0 Å². The monoisotopic (exact) mass is 290 g/mol. The summed E-state index contributed by atoms with van der Waals surface area (Å²) in [6.07, 6.45) is 3.59. The molecule has 0 atom stereocenters. The molecule has 6 nitrogen and oxygen atoms in total. The van der Waals surface area contributed by atoms with Crippen molar-refractivity contribution in [3.63, 3.8) is 0 Å². The van der Waals surface area contributed by atoms with Gasteiger partial charge in [-0.1, -0.05) is 5.16 Å². The molecule has 1 heterocycles. The van der Waals surface area contributed by atoms with E-state index in [1.165, 1.54) is 0 Å². The Morgan fingerprint density at radius 2 is 1.76 bits per heavy atom. The zero-order chi connectivity index (χ0) is 15.4. The second-order valence-corrected chi connectivity index (χ2v) is 4.29. The van der Waals surface area contributed by atoms with Crippen LogP contribution in [0.15, 0.2) is 16.7 Å². The van der Waals surface area contributed by atoms with Gasteiger partial charge in [0.05, 0.1) is 21.3 Å². The van der Waals surface area contributed by atoms with Crippen LogP contribution in [-0.4, -0.2) is 26.5 Å². The minimum Gasteiger partial charge on any atom is -0.493 e. The van der Waals surface area contributed by atoms with Crippen molar-refractivity contribution in [3.8, 4) is 17.2 Å². The van der Waals surface area contributed by atoms with E-state index in [9.17, 15) is 0 Å². The number of nitrogen functional groups attached to an aromatic ring is 1. The molecule has 2 rings (SSSR count). The molecule has 0 radical (unpaired) electrons. The summed E-state index contributed by atoms with van der Waals surface area (Å²) in [5.41, 5.74) is 7.76. The van der Waals surface area contributed by atoms with Gasteiger partial charge in [0.25, 0.3) is 0 Å². The fourth-order valence-corrected chi connectivity index (χ4v) is 1.94. The Balaban J connectivity index is 2.42. The molecule has 1 aromatic heterocycles. The Labute approximate surface area is 123 Å². The first kappa shape index (κ1) is 14.8. The Kier molecular flexibility index (Phi) is 4.37. The SMILES string of the molecule is COc1ccc(C=Cc2noc(C)c2N)c(OC)c1OC. The van der Waals surface area contributed by atoms with E-state index < -0.39 is 0 Å². The number of aryl methyl sites for hydroxylation is 1. The van der Waals surface area contributed by atoms with E-state index in [1.807, 2.05) is 12.1 Å². The molecule has 6 heteroatoms. The lowest BCUT2D eigenvalue weighted by Crippen LogP contribution is -1.96. The molecular weight excluding hydrogens is 272 g/mol. The summed E-state index contributed by atoms with van der Waals surface area (Å²) in [6.45, 7) is 1.76. The Morgan fingerprint density at radius 3 is 2.29 bits per heavy atom. The normalized spacial score (nSPS) is 10.9. The maximum atomic E-state index is 5.86. The van der Waals surface area contributed by atoms with E-state index in [1.54, 1.807) is 40.4 Å². The van der Waals surface area contributed by atoms with Crippen LogP contribution in [0, 0.1) is 6.92 Å². The minimum atomic E-state index is 0.519. The van der Waals surface area contributed by atoms with Gasteiger partial charge in [-0.05, 0) is 31.2 Å². The standard InChI is InChI=1S/C15H18N2O4/c1-9-13(16)11(17-21-9)7-5-10-6-8-12(18-2)15(20-4)14(10)19-3/h5-8H,16H2,1-4H3. The first-order valence-electron chi connectivity index (χ1n) is 6.31. The molecule has 0 fully saturated rings. The molecule has 0 aliphatic heterocycles. The summed E-state index contributed by atoms with van der Waals surface area (Å²) in [7, 11) is 4.71. The second kappa shape index (κ2) is 6.21. The molecule has 0 spiro atoms. The van der Waals surface area contributed by atoms with Gasteiger partial charge in [-0.25, -0.2) is 0 Å². The van der Waals surface area contributed by atoms with Crippen molar-refractivity contribution in [3.05, 3.63) is 29.2 Å². The summed E-state index contributed by atoms with van der Waals surface area (Å²) >= 11 is 0. The summed E-state index contributed by atoms with van der Waals surface area (Å²) in [5.74, 6) is 2.30. The van der Waals surface area contributed by atoms with Gasteiger partial charge in [-0.3, -0.25) is 0 Å². The van der Waals surface area contributed by atoms with Gasteiger partial charge >= 0.3 is 0 Å². The molecule has 0 unspecified atom stereocenters. The number of ether oxygens (including phenoxy) is 3. The summed E-state index contributed by atoms with van der Waals surface area (Å²) in [5, 5.41) is 3.88. The van der Waals surface area contributed by atoms with Gasteiger partial charge in [0, 0.05) is 5.56 Å². The van der Waals surface area contributed by atoms with E-state index in [4.69, 9.17) is 24.5 Å². The molecule has 2 N–H and O–H groups in total. The zero-order valence-electron chi connectivity index (χ0n) is 12.5. The number of methoxy groups -OCH3 is 3. The zero-order valence-corrected chi connectivity index (χ0v) is 12.5. The molecule has 0 bridgehead atoms. The van der Waals surface area contributed by atoms with Crippen molar-refractivity contribution < 1.29 is 18.7 Å². The molecule has 112 valence electrons. The summed E-state index contributed by atoms with van der Waals surface area (Å²) < 4.78 is 21.0. The van der Waals surface area contributed by atoms with Crippen molar-refractivity contribution in [2.45, 2.75) is 6.92 Å². The lowest BCUT2D eigenvalue weighted by atomic mass is 10.1. The number of nitrogens with zero attached hydrogens (tertiary/aromatic N) is 1. The molecule has 1 aromatic carbocycles. The van der Waals surface area contributed by atoms with Crippen LogP contribution in [0.4, 0.5) is 5.69 Å². The van der Waals surface area contributed by atoms with Crippen molar-refractivity contribution in [2.24, 2.45) is 0 Å². The highest BCUT2D eigenvalue weighted by atomic mass is 16.5. The van der Waals surface area contributed by atoms with Crippen LogP contribution < -0.4 is 19.9 Å². The van der Waals surface area contributed by atoms with Crippen molar-refractivity contribution in [1.29, 1.82) is 0 Å². The third kappa shape index (κ3) is 2.79. The van der Waals surface area contributed by atoms with Gasteiger partial charge in [0.15, 0.2) is 17.3 Å². The topological polar surface area (TPSA) is 79.7 Å². The number of hydrogen-bond acceptors (Lipinski definition) is 6. The van der Waals surface area contributed by atoms with Gasteiger partial charge in [0.1, 0.15) is 11.4 Å². The minimum absolute atomic E-state index is 0.519. The predicted molar refractivity (Wildman–Crippen MR) is 80.7 cm³/mol. The van der Waals surface area contributed by atoms with Crippen LogP contribution in [0.5, 0.6) is 17.2 Å². The van der Waals surface area contributed by atoms with E-state index in [2.05, 4.69) is 5.16 Å². The number of nitrogens with two attached hydrogens (primary N) is 1. The van der Waals surface area contributed by atoms with Gasteiger partial charge in [0.2, 0.25) is 5.75 Å². The van der Waals surface area contributed by atoms with E-state index >= 15 is 0 Å². The van der Waals surface area contributed by atoms with Gasteiger partial charge < -0.3 is 24.5 Å². The smallest absolute Gasteiger partial charge is 0.203 e. The predicted octanol–water partition coefficient (Wildman–Crippen LogP) is 2.76. The molecule has 0 aliphatic carbocycles. The number of benzene rings is 1. The van der Waals surface area contributed by atoms with Gasteiger partial charge in [-0.15, -0.1) is 0 Å². The average molecular weight is 290 g/mol. The molecule has 0 aliphatic rings. The van der Waals surface area contributed by atoms with Crippen molar-refractivity contribution >= 4 is 17.8 Å². The highest BCUT2D eigenvalue weighted by molar-refractivity contribution is 5.78. The van der Waals surface area contributed by atoms with Crippen LogP contribution in [0.1, 0.15) is 17.0 Å².